The van der Waals surface area contributed by atoms with Crippen molar-refractivity contribution in [3.63, 3.8) is 0 Å². The summed E-state index contributed by atoms with van der Waals surface area (Å²) in [4.78, 5) is 9.91. The Morgan fingerprint density at radius 1 is 0.598 bits per heavy atom. The van der Waals surface area contributed by atoms with E-state index < -0.39 is 38.2 Å². The second-order valence-corrected chi connectivity index (χ2v) is 26.1. The molecule has 8 heteroatoms. The Kier molecular flexibility index (Phi) is 10.9. The van der Waals surface area contributed by atoms with Crippen molar-refractivity contribution < 1.29 is 36.4 Å². The Hall–Kier alpha value is -9.03. The van der Waals surface area contributed by atoms with E-state index in [1.165, 1.54) is 0 Å². The van der Waals surface area contributed by atoms with Gasteiger partial charge >= 0.3 is 467 Å². The van der Waals surface area contributed by atoms with Gasteiger partial charge in [0.1, 0.15) is 0 Å². The molecule has 0 N–H and O–H groups in total. The van der Waals surface area contributed by atoms with Crippen LogP contribution in [0, 0.1) is 28.7 Å². The quantitative estimate of drug-likeness (QED) is 0.101. The first-order chi connectivity index (χ1) is 45.7. The van der Waals surface area contributed by atoms with Gasteiger partial charge in [0, 0.05) is 11.3 Å². The van der Waals surface area contributed by atoms with Crippen LogP contribution in [0.15, 0.2) is 218 Å². The van der Waals surface area contributed by atoms with Gasteiger partial charge in [0.05, 0.1) is 0 Å². The fraction of sp³-hybridized carbons (Fsp3) is 0.165. The molecule has 0 atom stereocenters. The molecular formula is C79H66BN5OPt-2. The average molecular weight is 1320 g/mol. The van der Waals surface area contributed by atoms with Crippen molar-refractivity contribution in [2.24, 2.45) is 5.92 Å². The van der Waals surface area contributed by atoms with Crippen LogP contribution >= 0.6 is 0 Å². The monoisotopic (exact) mass is 1320 g/mol. The Morgan fingerprint density at radius 2 is 1.21 bits per heavy atom. The summed E-state index contributed by atoms with van der Waals surface area (Å²) in [5, 5.41) is 0. The van der Waals surface area contributed by atoms with Crippen LogP contribution in [0.1, 0.15) is 90.0 Å². The predicted octanol–water partition coefficient (Wildman–Crippen LogP) is 19.7. The minimum atomic E-state index is -2.73. The van der Waals surface area contributed by atoms with E-state index >= 15 is 0 Å². The van der Waals surface area contributed by atoms with E-state index in [0.29, 0.717) is 48.8 Å². The predicted molar refractivity (Wildman–Crippen MR) is 357 cm³/mol. The van der Waals surface area contributed by atoms with E-state index in [2.05, 4.69) is 149 Å². The number of aromatic nitrogens is 3. The van der Waals surface area contributed by atoms with Gasteiger partial charge in [-0.25, -0.2) is 0 Å². The van der Waals surface area contributed by atoms with E-state index in [0.717, 1.165) is 72.6 Å². The zero-order valence-corrected chi connectivity index (χ0v) is 51.9. The normalized spacial score (nSPS) is 14.8. The number of pyridine rings is 1. The molecule has 428 valence electrons. The first kappa shape index (κ1) is 45.3. The third-order valence-electron chi connectivity index (χ3n) is 17.0. The summed E-state index contributed by atoms with van der Waals surface area (Å²) in [5.74, 6) is 0.0923. The molecule has 0 fully saturated rings. The van der Waals surface area contributed by atoms with Crippen molar-refractivity contribution in [1.82, 2.24) is 14.1 Å². The van der Waals surface area contributed by atoms with Crippen molar-refractivity contribution in [3.8, 4) is 89.8 Å². The second-order valence-electron chi connectivity index (χ2n) is 25.1. The van der Waals surface area contributed by atoms with Crippen LogP contribution < -0.4 is 19.8 Å². The number of ether oxygens (including phenoxy) is 1. The van der Waals surface area contributed by atoms with Gasteiger partial charge in [-0.15, -0.1) is 6.07 Å². The van der Waals surface area contributed by atoms with Crippen LogP contribution in [-0.2, 0) is 36.6 Å². The summed E-state index contributed by atoms with van der Waals surface area (Å²) in [6.45, 7) is 13.7. The van der Waals surface area contributed by atoms with E-state index in [-0.39, 0.29) is 56.7 Å². The zero-order chi connectivity index (χ0) is 67.4. The van der Waals surface area contributed by atoms with Gasteiger partial charge < -0.3 is 0 Å². The number of hydrogen-bond acceptors (Lipinski definition) is 4. The maximum atomic E-state index is 10.1. The number of nitrogens with zero attached hydrogens (tertiary/aromatic N) is 5. The molecular weight excluding hydrogens is 1240 g/mol. The van der Waals surface area contributed by atoms with Crippen LogP contribution in [0.4, 0.5) is 22.9 Å². The summed E-state index contributed by atoms with van der Waals surface area (Å²) >= 11 is 2.21. The van der Waals surface area contributed by atoms with E-state index in [1.54, 1.807) is 22.8 Å². The molecule has 0 aliphatic carbocycles. The SMILES string of the molecule is [2H]c1c([2H])c([2H])c2c(c1[2H])n(-c1[c-]c(Oc3nc4c(c(C([2H])([2H])[2H])c3-c3ccccc3)-c3cccc5c3B3N(c6ccc[c-]c6N34)c3ccccc3-5)ccc1)[c](=[Pt])n2-c1c(-c2ccc(-c3ccccc3)cc2)cc(C([2H])([2H])C(C)C)cc1-c1cc(C(C)(C)C)cc(C(C)(C)C)c1. The summed E-state index contributed by atoms with van der Waals surface area (Å²) in [6, 6.07) is 69.3. The molecule has 0 bridgehead atoms. The van der Waals surface area contributed by atoms with Crippen molar-refractivity contribution in [2.75, 3.05) is 9.62 Å². The molecule has 5 heterocycles. The van der Waals surface area contributed by atoms with E-state index in [9.17, 15) is 12.3 Å². The second kappa shape index (κ2) is 20.9. The van der Waals surface area contributed by atoms with Crippen LogP contribution in [-0.4, -0.2) is 21.1 Å². The van der Waals surface area contributed by atoms with E-state index in [1.807, 2.05) is 128 Å². The average Bonchev–Trinajstić information content (AvgIpc) is 1.43. The third-order valence-corrected chi connectivity index (χ3v) is 18.0. The molecule has 3 aliphatic rings. The molecule has 0 saturated heterocycles. The van der Waals surface area contributed by atoms with Crippen molar-refractivity contribution in [1.29, 1.82) is 0 Å². The molecule has 0 saturated carbocycles. The Bertz CT molecular complexity index is 5240. The summed E-state index contributed by atoms with van der Waals surface area (Å²) < 4.78 is 98.5. The molecule has 3 aliphatic heterocycles. The number of rotatable bonds is 10. The summed E-state index contributed by atoms with van der Waals surface area (Å²) in [5.41, 5.74) is 15.7. The molecule has 12 aromatic rings. The number of fused-ring (bicyclic) bond motifs is 10. The van der Waals surface area contributed by atoms with Crippen molar-refractivity contribution >= 4 is 46.4 Å². The van der Waals surface area contributed by atoms with Gasteiger partial charge in [-0.3, -0.25) is 0 Å². The maximum absolute atomic E-state index is 10.1. The molecule has 0 radical (unpaired) electrons. The van der Waals surface area contributed by atoms with Crippen LogP contribution in [0.3, 0.4) is 0 Å². The van der Waals surface area contributed by atoms with Crippen molar-refractivity contribution in [2.45, 2.75) is 79.4 Å². The first-order valence-corrected chi connectivity index (χ1v) is 30.7. The van der Waals surface area contributed by atoms with Crippen LogP contribution in [0.25, 0.3) is 89.2 Å². The van der Waals surface area contributed by atoms with Crippen molar-refractivity contribution in [3.05, 3.63) is 256 Å². The first-order valence-electron chi connectivity index (χ1n) is 34.1. The molecule has 15 rings (SSSR count). The van der Waals surface area contributed by atoms with Gasteiger partial charge in [0.25, 0.3) is 0 Å². The molecule has 2 aromatic heterocycles. The van der Waals surface area contributed by atoms with Gasteiger partial charge in [-0.1, -0.05) is 30.3 Å². The minimum absolute atomic E-state index is 0.0106. The standard InChI is InChI=1S/C79H66BN5O.Pt/c1-50(2)42-52-43-65(55-40-38-54(39-41-55)53-24-12-10-13-25-53)75(66(44-52)57-45-58(78(4,5)6)47-59(46-57)79(7,8)9)83-49-82(68-34-18-19-35-69(68)83)60-28-22-29-61(48-60)86-77-72(56-26-14-11-15-27-56)51(3)73-64-32-23-31-63-62-30-16-17-33-67(62)84-70-36-20-21-37-71(70)85(76(73)81-77)80(84)74(63)64;/h10-36,38-41,43-47,50H,42H2,1-9H3;/q-2;/i3D3,18D,19D,34D,35D,42D2;. The molecule has 0 amide bonds. The molecule has 10 aromatic carbocycles. The molecule has 0 unspecified atom stereocenters. The molecule has 6 nitrogen and oxygen atoms in total. The fourth-order valence-electron chi connectivity index (χ4n) is 12.9. The molecule has 0 spiro atoms. The fourth-order valence-corrected chi connectivity index (χ4v) is 14.0. The van der Waals surface area contributed by atoms with Gasteiger partial charge in [-0.2, -0.15) is 12.1 Å². The summed E-state index contributed by atoms with van der Waals surface area (Å²) in [7, 11) is 0. The number of imidazole rings is 1. The summed E-state index contributed by atoms with van der Waals surface area (Å²) in [6.07, 6.45) is -1.84. The number of benzene rings is 10. The van der Waals surface area contributed by atoms with Gasteiger partial charge in [-0.05, 0) is 11.6 Å². The van der Waals surface area contributed by atoms with E-state index in [4.69, 9.17) is 9.72 Å². The van der Waals surface area contributed by atoms with Crippen LogP contribution in [0.2, 0.25) is 0 Å². The topological polar surface area (TPSA) is 38.5 Å². The Balaban J connectivity index is 0.999. The van der Waals surface area contributed by atoms with Gasteiger partial charge in [0.15, 0.2) is 0 Å². The zero-order valence-electron chi connectivity index (χ0n) is 58.6. The number of para-hydroxylation sites is 4. The number of hydrogen-bond donors (Lipinski definition) is 0. The van der Waals surface area contributed by atoms with Crippen LogP contribution in [0.5, 0.6) is 11.6 Å². The van der Waals surface area contributed by atoms with Gasteiger partial charge in [0.2, 0.25) is 0 Å². The Morgan fingerprint density at radius 3 is 1.91 bits per heavy atom. The third kappa shape index (κ3) is 9.11. The Labute approximate surface area is 535 Å². The molecule has 87 heavy (non-hydrogen) atoms. The number of anilines is 4.